The van der Waals surface area contributed by atoms with Gasteiger partial charge in [0.15, 0.2) is 0 Å². The molecule has 0 heterocycles. The van der Waals surface area contributed by atoms with E-state index in [1.165, 1.54) is 12.5 Å². The van der Waals surface area contributed by atoms with E-state index in [4.69, 9.17) is 0 Å². The Kier molecular flexibility index (Phi) is 5.74. The molecule has 10 heavy (non-hydrogen) atoms. The molecule has 0 saturated carbocycles. The maximum atomic E-state index is 9.86. The second kappa shape index (κ2) is 6.27. The largest absolute Gasteiger partial charge is 0.299 e. The molecule has 0 N–H and O–H groups in total. The number of carbonyl (C=O) groups is 1. The smallest absolute Gasteiger partial charge is 0.142 e. The molecule has 0 rings (SSSR count). The molecule has 0 spiro atoms. The highest BCUT2D eigenvalue weighted by molar-refractivity contribution is 5.65. The number of hydrogen-bond acceptors (Lipinski definition) is 1. The molecule has 0 radical (unpaired) electrons. The summed E-state index contributed by atoms with van der Waals surface area (Å²) in [6.07, 6.45) is 7.36. The molecule has 0 bridgehead atoms. The average Bonchev–Trinajstić information content (AvgIpc) is 1.97. The third kappa shape index (κ3) is 5.29. The Morgan fingerprint density at radius 2 is 2.30 bits per heavy atom. The summed E-state index contributed by atoms with van der Waals surface area (Å²) in [5.41, 5.74) is 1.04. The first-order chi connectivity index (χ1) is 4.81. The highest BCUT2D eigenvalue weighted by Crippen LogP contribution is 2.04. The van der Waals surface area contributed by atoms with E-state index in [0.717, 1.165) is 24.7 Å². The Hall–Kier alpha value is -0.850. The molecular weight excluding hydrogens is 124 g/mol. The van der Waals surface area contributed by atoms with Gasteiger partial charge in [0.05, 0.1) is 0 Å². The molecule has 0 aliphatic heterocycles. The van der Waals surface area contributed by atoms with Crippen molar-refractivity contribution in [2.45, 2.75) is 26.2 Å². The number of allylic oxidation sites excluding steroid dienone is 3. The Balaban J connectivity index is 3.43. The third-order valence-corrected chi connectivity index (χ3v) is 1.26. The van der Waals surface area contributed by atoms with Crippen molar-refractivity contribution >= 4 is 6.29 Å². The van der Waals surface area contributed by atoms with E-state index >= 15 is 0 Å². The van der Waals surface area contributed by atoms with Gasteiger partial charge in [0.2, 0.25) is 0 Å². The lowest BCUT2D eigenvalue weighted by atomic mass is 10.1. The van der Waals surface area contributed by atoms with Gasteiger partial charge in [-0.1, -0.05) is 31.6 Å². The average molecular weight is 138 g/mol. The summed E-state index contributed by atoms with van der Waals surface area (Å²) >= 11 is 0. The summed E-state index contributed by atoms with van der Waals surface area (Å²) in [6, 6.07) is 0. The Labute approximate surface area is 62.4 Å². The van der Waals surface area contributed by atoms with E-state index in [9.17, 15) is 4.79 Å². The zero-order chi connectivity index (χ0) is 7.82. The molecule has 0 atom stereocenters. The standard InChI is InChI=1S/C9H14O/c1-3-4-6-9(2)7-5-8-10/h5,7-8H,2-4,6H2,1H3/b7-5+. The summed E-state index contributed by atoms with van der Waals surface area (Å²) in [5.74, 6) is 0. The first kappa shape index (κ1) is 9.15. The number of hydrogen-bond donors (Lipinski definition) is 0. The van der Waals surface area contributed by atoms with Crippen molar-refractivity contribution in [1.82, 2.24) is 0 Å². The van der Waals surface area contributed by atoms with Crippen LogP contribution < -0.4 is 0 Å². The SMILES string of the molecule is C=C(/C=C/C=O)CCCC. The van der Waals surface area contributed by atoms with Gasteiger partial charge < -0.3 is 0 Å². The van der Waals surface area contributed by atoms with Crippen LogP contribution in [0.25, 0.3) is 0 Å². The van der Waals surface area contributed by atoms with Crippen molar-refractivity contribution in [2.24, 2.45) is 0 Å². The Bertz CT molecular complexity index is 134. The monoisotopic (exact) mass is 138 g/mol. The Morgan fingerprint density at radius 1 is 1.60 bits per heavy atom. The first-order valence-electron chi connectivity index (χ1n) is 3.61. The van der Waals surface area contributed by atoms with Gasteiger partial charge in [0, 0.05) is 0 Å². The van der Waals surface area contributed by atoms with Crippen molar-refractivity contribution in [3.8, 4) is 0 Å². The van der Waals surface area contributed by atoms with Gasteiger partial charge in [-0.2, -0.15) is 0 Å². The van der Waals surface area contributed by atoms with Crippen LogP contribution >= 0.6 is 0 Å². The van der Waals surface area contributed by atoms with Crippen molar-refractivity contribution < 1.29 is 4.79 Å². The van der Waals surface area contributed by atoms with Crippen molar-refractivity contribution in [3.63, 3.8) is 0 Å². The summed E-state index contributed by atoms with van der Waals surface area (Å²) < 4.78 is 0. The lowest BCUT2D eigenvalue weighted by Gasteiger charge is -1.94. The van der Waals surface area contributed by atoms with Gasteiger partial charge in [0.1, 0.15) is 6.29 Å². The van der Waals surface area contributed by atoms with Gasteiger partial charge in [-0.3, -0.25) is 4.79 Å². The first-order valence-corrected chi connectivity index (χ1v) is 3.61. The van der Waals surface area contributed by atoms with Gasteiger partial charge in [-0.15, -0.1) is 0 Å². The fourth-order valence-corrected chi connectivity index (χ4v) is 0.663. The fourth-order valence-electron chi connectivity index (χ4n) is 0.663. The van der Waals surface area contributed by atoms with E-state index < -0.39 is 0 Å². The van der Waals surface area contributed by atoms with E-state index in [2.05, 4.69) is 13.5 Å². The summed E-state index contributed by atoms with van der Waals surface area (Å²) in [5, 5.41) is 0. The van der Waals surface area contributed by atoms with Crippen LogP contribution in [-0.2, 0) is 4.79 Å². The van der Waals surface area contributed by atoms with E-state index in [1.807, 2.05) is 0 Å². The van der Waals surface area contributed by atoms with Crippen LogP contribution in [0, 0.1) is 0 Å². The van der Waals surface area contributed by atoms with Crippen LogP contribution in [0.2, 0.25) is 0 Å². The normalized spacial score (nSPS) is 10.1. The number of carbonyl (C=O) groups excluding carboxylic acids is 1. The summed E-state index contributed by atoms with van der Waals surface area (Å²) in [4.78, 5) is 9.86. The van der Waals surface area contributed by atoms with Crippen molar-refractivity contribution in [2.75, 3.05) is 0 Å². The molecule has 0 aromatic carbocycles. The predicted octanol–water partition coefficient (Wildman–Crippen LogP) is 2.49. The summed E-state index contributed by atoms with van der Waals surface area (Å²) in [7, 11) is 0. The number of aldehydes is 1. The molecule has 0 unspecified atom stereocenters. The molecule has 0 aromatic rings. The third-order valence-electron chi connectivity index (χ3n) is 1.26. The molecule has 0 aliphatic carbocycles. The highest BCUT2D eigenvalue weighted by Gasteiger charge is 1.85. The molecular formula is C9H14O. The second-order valence-corrected chi connectivity index (χ2v) is 2.26. The zero-order valence-electron chi connectivity index (χ0n) is 6.47. The van der Waals surface area contributed by atoms with Crippen LogP contribution in [-0.4, -0.2) is 6.29 Å². The minimum atomic E-state index is 0.775. The van der Waals surface area contributed by atoms with Crippen LogP contribution in [0.3, 0.4) is 0 Å². The van der Waals surface area contributed by atoms with Gasteiger partial charge in [-0.25, -0.2) is 0 Å². The molecule has 0 saturated heterocycles. The zero-order valence-corrected chi connectivity index (χ0v) is 6.47. The summed E-state index contributed by atoms with van der Waals surface area (Å²) in [6.45, 7) is 5.92. The predicted molar refractivity (Wildman–Crippen MR) is 43.9 cm³/mol. The lowest BCUT2D eigenvalue weighted by Crippen LogP contribution is -1.76. The number of rotatable bonds is 5. The van der Waals surface area contributed by atoms with E-state index in [0.29, 0.717) is 0 Å². The van der Waals surface area contributed by atoms with Gasteiger partial charge >= 0.3 is 0 Å². The van der Waals surface area contributed by atoms with Crippen LogP contribution in [0.4, 0.5) is 0 Å². The lowest BCUT2D eigenvalue weighted by molar-refractivity contribution is -0.104. The maximum Gasteiger partial charge on any atom is 0.142 e. The Morgan fingerprint density at radius 3 is 2.80 bits per heavy atom. The van der Waals surface area contributed by atoms with Crippen LogP contribution in [0.1, 0.15) is 26.2 Å². The van der Waals surface area contributed by atoms with Crippen molar-refractivity contribution in [1.29, 1.82) is 0 Å². The minimum Gasteiger partial charge on any atom is -0.299 e. The van der Waals surface area contributed by atoms with Gasteiger partial charge in [-0.05, 0) is 18.9 Å². The fraction of sp³-hybridized carbons (Fsp3) is 0.444. The van der Waals surface area contributed by atoms with E-state index in [-0.39, 0.29) is 0 Å². The molecule has 1 nitrogen and oxygen atoms in total. The maximum absolute atomic E-state index is 9.86. The molecule has 0 fully saturated rings. The van der Waals surface area contributed by atoms with Crippen LogP contribution in [0.5, 0.6) is 0 Å². The second-order valence-electron chi connectivity index (χ2n) is 2.26. The van der Waals surface area contributed by atoms with E-state index in [1.54, 1.807) is 6.08 Å². The highest BCUT2D eigenvalue weighted by atomic mass is 16.1. The number of unbranched alkanes of at least 4 members (excludes halogenated alkanes) is 1. The topological polar surface area (TPSA) is 17.1 Å². The van der Waals surface area contributed by atoms with Crippen molar-refractivity contribution in [3.05, 3.63) is 24.3 Å². The molecule has 0 amide bonds. The minimum absolute atomic E-state index is 0.775. The molecule has 0 aliphatic rings. The molecule has 1 heteroatoms. The quantitative estimate of drug-likeness (QED) is 0.324. The molecule has 56 valence electrons. The van der Waals surface area contributed by atoms with Crippen LogP contribution in [0.15, 0.2) is 24.3 Å². The van der Waals surface area contributed by atoms with Gasteiger partial charge in [0.25, 0.3) is 0 Å². The molecule has 0 aromatic heterocycles.